The molecule has 0 amide bonds. The van der Waals surface area contributed by atoms with E-state index in [0.29, 0.717) is 56.0 Å². The van der Waals surface area contributed by atoms with Crippen molar-refractivity contribution in [2.75, 3.05) is 5.32 Å². The van der Waals surface area contributed by atoms with Crippen LogP contribution in [0.25, 0.3) is 10.8 Å². The van der Waals surface area contributed by atoms with Gasteiger partial charge in [0.25, 0.3) is 0 Å². The van der Waals surface area contributed by atoms with Crippen LogP contribution in [-0.2, 0) is 35.8 Å². The number of phenolic OH excluding ortho intramolecular Hbond substituents is 2. The molecule has 0 fully saturated rings. The quantitative estimate of drug-likeness (QED) is 0.0452. The molecule has 6 aromatic carbocycles. The maximum atomic E-state index is 11.2. The Labute approximate surface area is 390 Å². The van der Waals surface area contributed by atoms with Crippen LogP contribution >= 0.6 is 24.1 Å². The number of aryl methyl sites for hydroxylation is 3. The fourth-order valence-corrected chi connectivity index (χ4v) is 5.98. The molecule has 285 valence electrons. The molecule has 1 radical (unpaired) electrons. The summed E-state index contributed by atoms with van der Waals surface area (Å²) in [7, 11) is 0. The number of rotatable bonds is 14. The van der Waals surface area contributed by atoms with Gasteiger partial charge in [-0.15, -0.1) is 10.2 Å². The summed E-state index contributed by atoms with van der Waals surface area (Å²) in [6, 6.07) is 30.1. The summed E-state index contributed by atoms with van der Waals surface area (Å²) in [5, 5.41) is 79.9. The van der Waals surface area contributed by atoms with Crippen molar-refractivity contribution >= 4 is 80.4 Å². The first-order valence-electron chi connectivity index (χ1n) is 15.9. The summed E-state index contributed by atoms with van der Waals surface area (Å²) in [5.74, 6) is -0.447. The van der Waals surface area contributed by atoms with E-state index in [1.54, 1.807) is 55.5 Å². The molecular weight excluding hydrogens is 844 g/mol. The standard InChI is InChI=1S/C37H31N7O8S2.Cu.2Na/c1-21-16-31(22(2)15-30(21)40-39-26-9-12-28(13-10-26)53-51-49-47)41-42-32-20-34(45)33(17-23(32)3)43-44-36-35(54-52-50-48)19-24-18-27(11-14-29(24)37(36)46)38-25-7-5-4-6-8-25;;;/h4-20,38,45-48H,1-3H3;;;/q;;2*+1/p-2. The molecule has 0 saturated carbocycles. The maximum absolute atomic E-state index is 11.2. The van der Waals surface area contributed by atoms with Gasteiger partial charge in [0.15, 0.2) is 5.75 Å². The summed E-state index contributed by atoms with van der Waals surface area (Å²) >= 11 is 1.34. The molecule has 0 saturated heterocycles. The van der Waals surface area contributed by atoms with E-state index in [9.17, 15) is 20.7 Å². The van der Waals surface area contributed by atoms with Gasteiger partial charge in [0.05, 0.1) is 51.7 Å². The van der Waals surface area contributed by atoms with Crippen LogP contribution in [0, 0.1) is 20.8 Å². The molecule has 6 rings (SSSR count). The normalized spacial score (nSPS) is 11.2. The van der Waals surface area contributed by atoms with Gasteiger partial charge in [-0.2, -0.15) is 29.1 Å². The average molecular weight is 873 g/mol. The molecule has 0 aliphatic carbocycles. The van der Waals surface area contributed by atoms with Crippen molar-refractivity contribution in [3.05, 3.63) is 120 Å². The van der Waals surface area contributed by atoms with E-state index in [-0.39, 0.29) is 104 Å². The zero-order valence-electron chi connectivity index (χ0n) is 31.0. The van der Waals surface area contributed by atoms with E-state index in [2.05, 4.69) is 54.7 Å². The summed E-state index contributed by atoms with van der Waals surface area (Å²) in [5.41, 5.74) is 6.24. The molecule has 6 aromatic rings. The van der Waals surface area contributed by atoms with E-state index in [0.717, 1.165) is 34.5 Å². The number of anilines is 2. The number of aromatic hydroxyl groups is 2. The molecule has 15 nitrogen and oxygen atoms in total. The zero-order chi connectivity index (χ0) is 38.0. The predicted octanol–water partition coefficient (Wildman–Crippen LogP) is 4.63. The van der Waals surface area contributed by atoms with Crippen LogP contribution in [0.15, 0.2) is 144 Å². The summed E-state index contributed by atoms with van der Waals surface area (Å²) in [6.07, 6.45) is 0. The van der Waals surface area contributed by atoms with E-state index in [1.807, 2.05) is 62.4 Å². The number of nitrogens with zero attached hydrogens (tertiary/aromatic N) is 6. The van der Waals surface area contributed by atoms with Crippen LogP contribution in [0.1, 0.15) is 16.7 Å². The minimum atomic E-state index is -0.231. The van der Waals surface area contributed by atoms with Crippen molar-refractivity contribution in [1.29, 1.82) is 0 Å². The predicted molar refractivity (Wildman–Crippen MR) is 199 cm³/mol. The minimum absolute atomic E-state index is 0. The Bertz CT molecular complexity index is 2380. The van der Waals surface area contributed by atoms with Gasteiger partial charge in [-0.1, -0.05) is 18.2 Å². The summed E-state index contributed by atoms with van der Waals surface area (Å²) in [6.45, 7) is 5.52. The number of fused-ring (bicyclic) bond motifs is 1. The van der Waals surface area contributed by atoms with Gasteiger partial charge in [-0.25, -0.2) is 0 Å². The molecule has 20 heteroatoms. The number of phenols is 2. The van der Waals surface area contributed by atoms with Crippen molar-refractivity contribution in [1.82, 2.24) is 0 Å². The fraction of sp³-hybridized carbons (Fsp3) is 0.0811. The Morgan fingerprint density at radius 3 is 1.77 bits per heavy atom. The van der Waals surface area contributed by atoms with Crippen LogP contribution in [0.4, 0.5) is 45.5 Å². The molecule has 0 atom stereocenters. The van der Waals surface area contributed by atoms with E-state index in [1.165, 1.54) is 6.07 Å². The number of nitrogens with one attached hydrogen (secondary N) is 1. The van der Waals surface area contributed by atoms with Crippen LogP contribution in [-0.4, -0.2) is 10.2 Å². The first-order valence-corrected chi connectivity index (χ1v) is 17.4. The van der Waals surface area contributed by atoms with Crippen LogP contribution < -0.4 is 74.9 Å². The third-order valence-electron chi connectivity index (χ3n) is 7.86. The Morgan fingerprint density at radius 2 is 1.14 bits per heavy atom. The second kappa shape index (κ2) is 23.4. The summed E-state index contributed by atoms with van der Waals surface area (Å²) < 4.78 is 8.87. The zero-order valence-corrected chi connectivity index (χ0v) is 37.5. The first kappa shape index (κ1) is 48.1. The first-order chi connectivity index (χ1) is 26.2. The van der Waals surface area contributed by atoms with Gasteiger partial charge in [0, 0.05) is 44.8 Å². The Morgan fingerprint density at radius 1 is 0.579 bits per heavy atom. The van der Waals surface area contributed by atoms with Gasteiger partial charge < -0.3 is 26.0 Å². The van der Waals surface area contributed by atoms with Gasteiger partial charge >= 0.3 is 59.1 Å². The number of para-hydroxylation sites is 1. The number of hydrogen-bond donors (Lipinski definition) is 3. The SMILES string of the molecule is Cc1cc(N=Nc2cc(O)c(N=Nc3c(SOO[O-])cc4cc(Nc5ccccc5)ccc4c3O)cc2C)c(C)cc1N=Nc1ccc(SOO[O-])cc1.[Cu].[Na+].[Na+]. The second-order valence-electron chi connectivity index (χ2n) is 11.6. The molecular formula is C37H29CuN7Na2O8S2. The van der Waals surface area contributed by atoms with Crippen molar-refractivity contribution in [2.24, 2.45) is 30.7 Å². The topological polar surface area (TPSA) is 210 Å². The Kier molecular flexibility index (Phi) is 19.7. The second-order valence-corrected chi connectivity index (χ2v) is 13.1. The Hall–Kier alpha value is -3.24. The van der Waals surface area contributed by atoms with E-state index in [4.69, 9.17) is 0 Å². The monoisotopic (exact) mass is 872 g/mol. The van der Waals surface area contributed by atoms with Crippen molar-refractivity contribution in [3.8, 4) is 11.5 Å². The molecule has 57 heavy (non-hydrogen) atoms. The van der Waals surface area contributed by atoms with Crippen LogP contribution in [0.2, 0.25) is 0 Å². The molecule has 0 spiro atoms. The van der Waals surface area contributed by atoms with Gasteiger partial charge in [-0.3, -0.25) is 10.1 Å². The molecule has 0 aromatic heterocycles. The number of hydrogen-bond acceptors (Lipinski definition) is 17. The number of azo groups is 3. The molecule has 0 heterocycles. The third-order valence-corrected chi connectivity index (χ3v) is 9.07. The number of benzene rings is 6. The van der Waals surface area contributed by atoms with Crippen molar-refractivity contribution in [2.45, 2.75) is 30.6 Å². The molecule has 0 unspecified atom stereocenters. The molecule has 0 aliphatic rings. The fourth-order valence-electron chi connectivity index (χ4n) is 5.13. The molecule has 0 bridgehead atoms. The maximum Gasteiger partial charge on any atom is 1.00 e. The molecule has 3 N–H and O–H groups in total. The Balaban J connectivity index is 0.00000290. The summed E-state index contributed by atoms with van der Waals surface area (Å²) in [4.78, 5) is 0.902. The van der Waals surface area contributed by atoms with Crippen LogP contribution in [0.3, 0.4) is 0 Å². The van der Waals surface area contributed by atoms with Crippen LogP contribution in [0.5, 0.6) is 11.5 Å². The van der Waals surface area contributed by atoms with Crippen molar-refractivity contribution < 1.29 is 116 Å². The third kappa shape index (κ3) is 12.9. The minimum Gasteiger partial charge on any atom is -0.691 e. The van der Waals surface area contributed by atoms with Crippen molar-refractivity contribution in [3.63, 3.8) is 0 Å². The van der Waals surface area contributed by atoms with Gasteiger partial charge in [0.2, 0.25) is 0 Å². The average Bonchev–Trinajstić information content (AvgIpc) is 3.17. The van der Waals surface area contributed by atoms with E-state index < -0.39 is 0 Å². The smallest absolute Gasteiger partial charge is 0.691 e. The largest absolute Gasteiger partial charge is 1.00 e. The van der Waals surface area contributed by atoms with E-state index >= 15 is 0 Å². The molecule has 0 aliphatic heterocycles. The van der Waals surface area contributed by atoms with Gasteiger partial charge in [-0.05, 0) is 122 Å². The van der Waals surface area contributed by atoms with Gasteiger partial charge in [0.1, 0.15) is 17.1 Å².